The lowest BCUT2D eigenvalue weighted by Crippen LogP contribution is -2.30. The fourth-order valence-corrected chi connectivity index (χ4v) is 3.10. The Morgan fingerprint density at radius 3 is 2.33 bits per heavy atom. The Labute approximate surface area is 123 Å². The van der Waals surface area contributed by atoms with E-state index in [1.54, 1.807) is 6.07 Å². The van der Waals surface area contributed by atoms with Gasteiger partial charge in [0.25, 0.3) is 0 Å². The van der Waals surface area contributed by atoms with Crippen LogP contribution in [0, 0.1) is 0 Å². The van der Waals surface area contributed by atoms with Gasteiger partial charge in [0, 0.05) is 0 Å². The second kappa shape index (κ2) is 5.37. The first kappa shape index (κ1) is 13.9. The molecule has 110 valence electrons. The number of carboxylic acids is 1. The molecule has 0 radical (unpaired) electrons. The molecule has 1 heterocycles. The Kier molecular flexibility index (Phi) is 3.55. The van der Waals surface area contributed by atoms with Crippen LogP contribution in [-0.2, 0) is 5.60 Å². The van der Waals surface area contributed by atoms with Crippen molar-refractivity contribution in [3.05, 3.63) is 59.5 Å². The molecule has 1 aromatic carbocycles. The van der Waals surface area contributed by atoms with Crippen LogP contribution in [0.5, 0.6) is 0 Å². The lowest BCUT2D eigenvalue weighted by molar-refractivity contribution is -0.0251. The van der Waals surface area contributed by atoms with E-state index < -0.39 is 11.6 Å². The van der Waals surface area contributed by atoms with Gasteiger partial charge >= 0.3 is 5.97 Å². The summed E-state index contributed by atoms with van der Waals surface area (Å²) in [6.45, 7) is 0. The van der Waals surface area contributed by atoms with Gasteiger partial charge in [-0.05, 0) is 49.3 Å². The maximum absolute atomic E-state index is 10.9. The predicted octanol–water partition coefficient (Wildman–Crippen LogP) is 3.52. The molecular formula is C17H18O4. The van der Waals surface area contributed by atoms with Gasteiger partial charge in [0.1, 0.15) is 11.4 Å². The lowest BCUT2D eigenvalue weighted by atomic mass is 9.75. The highest BCUT2D eigenvalue weighted by atomic mass is 16.4. The van der Waals surface area contributed by atoms with Crippen molar-refractivity contribution in [2.45, 2.75) is 37.2 Å². The third kappa shape index (κ3) is 2.72. The Morgan fingerprint density at radius 2 is 1.76 bits per heavy atom. The number of aromatic carboxylic acids is 1. The fourth-order valence-electron chi connectivity index (χ4n) is 3.10. The minimum Gasteiger partial charge on any atom is -0.475 e. The molecule has 1 aliphatic rings. The Hall–Kier alpha value is -2.07. The number of rotatable bonds is 3. The fraction of sp³-hybridized carbons (Fsp3) is 0.353. The third-order valence-corrected chi connectivity index (χ3v) is 4.36. The summed E-state index contributed by atoms with van der Waals surface area (Å²) in [6, 6.07) is 13.3. The van der Waals surface area contributed by atoms with Crippen LogP contribution in [0.3, 0.4) is 0 Å². The van der Waals surface area contributed by atoms with E-state index in [1.165, 1.54) is 11.6 Å². The van der Waals surface area contributed by atoms with Gasteiger partial charge in [0.15, 0.2) is 0 Å². The molecule has 0 spiro atoms. The number of hydrogen-bond acceptors (Lipinski definition) is 3. The standard InChI is InChI=1S/C17H18O4/c18-16(19)14-6-7-15(21-14)17(20)10-8-13(9-11-17)12-4-2-1-3-5-12/h1-7,13,20H,8-11H2,(H,18,19). The topological polar surface area (TPSA) is 70.7 Å². The van der Waals surface area contributed by atoms with E-state index in [0.29, 0.717) is 24.5 Å². The molecule has 0 unspecified atom stereocenters. The smallest absolute Gasteiger partial charge is 0.371 e. The van der Waals surface area contributed by atoms with Crippen LogP contribution >= 0.6 is 0 Å². The maximum Gasteiger partial charge on any atom is 0.371 e. The van der Waals surface area contributed by atoms with Crippen LogP contribution in [0.4, 0.5) is 0 Å². The quantitative estimate of drug-likeness (QED) is 0.905. The number of benzene rings is 1. The molecule has 2 N–H and O–H groups in total. The van der Waals surface area contributed by atoms with E-state index in [1.807, 2.05) is 18.2 Å². The monoisotopic (exact) mass is 286 g/mol. The minimum atomic E-state index is -1.11. The number of carbonyl (C=O) groups is 1. The number of carboxylic acid groups (broad SMARTS) is 1. The van der Waals surface area contributed by atoms with Crippen LogP contribution in [-0.4, -0.2) is 16.2 Å². The summed E-state index contributed by atoms with van der Waals surface area (Å²) in [5.74, 6) is -0.418. The SMILES string of the molecule is O=C(O)c1ccc(C2(O)CCC(c3ccccc3)CC2)o1. The zero-order valence-corrected chi connectivity index (χ0v) is 11.7. The molecular weight excluding hydrogens is 268 g/mol. The van der Waals surface area contributed by atoms with E-state index in [0.717, 1.165) is 12.8 Å². The van der Waals surface area contributed by atoms with Crippen molar-refractivity contribution in [1.29, 1.82) is 0 Å². The van der Waals surface area contributed by atoms with Crippen molar-refractivity contribution in [3.8, 4) is 0 Å². The average molecular weight is 286 g/mol. The molecule has 4 nitrogen and oxygen atoms in total. The maximum atomic E-state index is 10.9. The van der Waals surface area contributed by atoms with Crippen LogP contribution in [0.1, 0.15) is 53.5 Å². The minimum absolute atomic E-state index is 0.122. The van der Waals surface area contributed by atoms with Crippen LogP contribution in [0.2, 0.25) is 0 Å². The van der Waals surface area contributed by atoms with Gasteiger partial charge in [0.2, 0.25) is 5.76 Å². The highest BCUT2D eigenvalue weighted by Crippen LogP contribution is 2.43. The molecule has 1 aliphatic carbocycles. The molecule has 1 fully saturated rings. The molecule has 21 heavy (non-hydrogen) atoms. The van der Waals surface area contributed by atoms with Crippen LogP contribution in [0.25, 0.3) is 0 Å². The highest BCUT2D eigenvalue weighted by Gasteiger charge is 2.38. The van der Waals surface area contributed by atoms with E-state index >= 15 is 0 Å². The van der Waals surface area contributed by atoms with Crippen molar-refractivity contribution < 1.29 is 19.4 Å². The number of aliphatic hydroxyl groups is 1. The first-order valence-electron chi connectivity index (χ1n) is 7.19. The van der Waals surface area contributed by atoms with E-state index in [4.69, 9.17) is 9.52 Å². The van der Waals surface area contributed by atoms with Gasteiger partial charge in [-0.1, -0.05) is 30.3 Å². The Balaban J connectivity index is 1.73. The molecule has 2 aromatic rings. The van der Waals surface area contributed by atoms with Crippen molar-refractivity contribution in [2.24, 2.45) is 0 Å². The summed E-state index contributed by atoms with van der Waals surface area (Å²) < 4.78 is 5.28. The molecule has 0 saturated heterocycles. The number of furan rings is 1. The van der Waals surface area contributed by atoms with Gasteiger partial charge in [-0.25, -0.2) is 4.79 Å². The molecule has 0 bridgehead atoms. The molecule has 1 saturated carbocycles. The number of hydrogen-bond donors (Lipinski definition) is 2. The zero-order chi connectivity index (χ0) is 14.9. The third-order valence-electron chi connectivity index (χ3n) is 4.36. The first-order chi connectivity index (χ1) is 10.1. The predicted molar refractivity (Wildman–Crippen MR) is 77.2 cm³/mol. The van der Waals surface area contributed by atoms with Crippen molar-refractivity contribution in [2.75, 3.05) is 0 Å². The Morgan fingerprint density at radius 1 is 1.10 bits per heavy atom. The van der Waals surface area contributed by atoms with Crippen LogP contribution in [0.15, 0.2) is 46.9 Å². The average Bonchev–Trinajstić information content (AvgIpc) is 3.00. The van der Waals surface area contributed by atoms with Crippen molar-refractivity contribution in [1.82, 2.24) is 0 Å². The van der Waals surface area contributed by atoms with Crippen LogP contribution < -0.4 is 0 Å². The molecule has 3 rings (SSSR count). The summed E-state index contributed by atoms with van der Waals surface area (Å²) in [5, 5.41) is 19.6. The largest absolute Gasteiger partial charge is 0.475 e. The summed E-state index contributed by atoms with van der Waals surface area (Å²) in [6.07, 6.45) is 2.89. The normalized spacial score (nSPS) is 25.7. The summed E-state index contributed by atoms with van der Waals surface area (Å²) in [5.41, 5.74) is 0.254. The van der Waals surface area contributed by atoms with E-state index in [2.05, 4.69) is 12.1 Å². The van der Waals surface area contributed by atoms with Crippen molar-refractivity contribution >= 4 is 5.97 Å². The van der Waals surface area contributed by atoms with Gasteiger partial charge in [0.05, 0.1) is 0 Å². The second-order valence-corrected chi connectivity index (χ2v) is 5.69. The first-order valence-corrected chi connectivity index (χ1v) is 7.19. The van der Waals surface area contributed by atoms with Gasteiger partial charge in [-0.15, -0.1) is 0 Å². The van der Waals surface area contributed by atoms with E-state index in [-0.39, 0.29) is 5.76 Å². The summed E-state index contributed by atoms with van der Waals surface area (Å²) in [7, 11) is 0. The van der Waals surface area contributed by atoms with E-state index in [9.17, 15) is 9.90 Å². The summed E-state index contributed by atoms with van der Waals surface area (Å²) >= 11 is 0. The summed E-state index contributed by atoms with van der Waals surface area (Å²) in [4.78, 5) is 10.9. The lowest BCUT2D eigenvalue weighted by Gasteiger charge is -2.34. The molecule has 0 atom stereocenters. The molecule has 4 heteroatoms. The Bertz CT molecular complexity index is 621. The molecule has 0 aliphatic heterocycles. The zero-order valence-electron chi connectivity index (χ0n) is 11.7. The van der Waals surface area contributed by atoms with Gasteiger partial charge < -0.3 is 14.6 Å². The second-order valence-electron chi connectivity index (χ2n) is 5.69. The molecule has 1 aromatic heterocycles. The molecule has 0 amide bonds. The van der Waals surface area contributed by atoms with Crippen molar-refractivity contribution in [3.63, 3.8) is 0 Å². The van der Waals surface area contributed by atoms with Gasteiger partial charge in [-0.2, -0.15) is 0 Å². The van der Waals surface area contributed by atoms with Gasteiger partial charge in [-0.3, -0.25) is 0 Å². The highest BCUT2D eigenvalue weighted by molar-refractivity contribution is 5.84.